The first kappa shape index (κ1) is 27.2. The van der Waals surface area contributed by atoms with Gasteiger partial charge in [-0.05, 0) is 57.9 Å². The van der Waals surface area contributed by atoms with E-state index in [1.807, 2.05) is 0 Å². The van der Waals surface area contributed by atoms with Gasteiger partial charge in [0.1, 0.15) is 23.3 Å². The Morgan fingerprint density at radius 1 is 1.20 bits per heavy atom. The number of hydrogen-bond donors (Lipinski definition) is 0. The number of carbonyl (C=O) groups excluding carboxylic acids is 1. The highest BCUT2D eigenvalue weighted by atomic mass is 19.4. The van der Waals surface area contributed by atoms with Gasteiger partial charge >= 0.3 is 12.3 Å². The number of ether oxygens (including phenoxy) is 1. The zero-order valence-electron chi connectivity index (χ0n) is 22.7. The third kappa shape index (κ3) is 4.26. The van der Waals surface area contributed by atoms with Gasteiger partial charge in [-0.1, -0.05) is 0 Å². The van der Waals surface area contributed by atoms with Crippen LogP contribution in [-0.2, 0) is 10.2 Å². The van der Waals surface area contributed by atoms with Gasteiger partial charge in [0, 0.05) is 36.9 Å². The molecule has 3 aromatic rings. The summed E-state index contributed by atoms with van der Waals surface area (Å²) in [6.07, 6.45) is -5.26. The zero-order chi connectivity index (χ0) is 29.4. The Morgan fingerprint density at radius 2 is 1.98 bits per heavy atom. The van der Waals surface area contributed by atoms with Gasteiger partial charge in [-0.15, -0.1) is 10.2 Å². The maximum Gasteiger partial charge on any atom is 0.410 e. The van der Waals surface area contributed by atoms with Gasteiger partial charge in [0.2, 0.25) is 11.8 Å². The van der Waals surface area contributed by atoms with Gasteiger partial charge in [-0.2, -0.15) is 18.4 Å². The molecule has 216 valence electrons. The maximum atomic E-state index is 15.2. The van der Waals surface area contributed by atoms with Crippen LogP contribution in [0.4, 0.5) is 28.0 Å². The molecule has 0 bridgehead atoms. The number of halogens is 4. The number of carbonyl (C=O) groups is 1. The highest BCUT2D eigenvalue weighted by Gasteiger charge is 2.86. The number of nitriles is 1. The van der Waals surface area contributed by atoms with E-state index >= 15 is 4.39 Å². The van der Waals surface area contributed by atoms with Crippen LogP contribution >= 0.6 is 0 Å². The van der Waals surface area contributed by atoms with Crippen LogP contribution in [-0.4, -0.2) is 70.3 Å². The number of alkyl halides is 4. The van der Waals surface area contributed by atoms with Crippen molar-refractivity contribution in [3.05, 3.63) is 47.8 Å². The van der Waals surface area contributed by atoms with E-state index in [0.29, 0.717) is 22.2 Å². The SMILES string of the molecule is CC(C)(C)OC(=O)N1CCC(c2nnc([C@]34CN(c5ccc(C#N)c6ncccc56)C[C@@]3(C(F)(F)F)C4)o2)C(F)C1. The summed E-state index contributed by atoms with van der Waals surface area (Å²) in [6, 6.07) is 8.66. The molecule has 2 aliphatic heterocycles. The molecule has 3 fully saturated rings. The minimum absolute atomic E-state index is 0.0415. The Balaban J connectivity index is 1.27. The number of anilines is 1. The minimum Gasteiger partial charge on any atom is -0.444 e. The van der Waals surface area contributed by atoms with Crippen LogP contribution in [0.3, 0.4) is 0 Å². The van der Waals surface area contributed by atoms with E-state index in [0.717, 1.165) is 0 Å². The zero-order valence-corrected chi connectivity index (χ0v) is 22.7. The highest BCUT2D eigenvalue weighted by molar-refractivity contribution is 5.95. The number of hydrogen-bond acceptors (Lipinski definition) is 8. The van der Waals surface area contributed by atoms with Gasteiger partial charge < -0.3 is 19.0 Å². The number of amides is 1. The fourth-order valence-electron chi connectivity index (χ4n) is 6.35. The summed E-state index contributed by atoms with van der Waals surface area (Å²) < 4.78 is 70.3. The second-order valence-electron chi connectivity index (χ2n) is 12.1. The van der Waals surface area contributed by atoms with Crippen molar-refractivity contribution < 1.29 is 31.5 Å². The summed E-state index contributed by atoms with van der Waals surface area (Å²) >= 11 is 0. The van der Waals surface area contributed by atoms with Crippen LogP contribution in [0.15, 0.2) is 34.9 Å². The van der Waals surface area contributed by atoms with Crippen LogP contribution in [0.2, 0.25) is 0 Å². The molecule has 0 radical (unpaired) electrons. The third-order valence-electron chi connectivity index (χ3n) is 8.43. The lowest BCUT2D eigenvalue weighted by molar-refractivity contribution is -0.187. The van der Waals surface area contributed by atoms with Crippen LogP contribution in [0.5, 0.6) is 0 Å². The first-order valence-corrected chi connectivity index (χ1v) is 13.3. The lowest BCUT2D eigenvalue weighted by atomic mass is 9.94. The molecular weight excluding hydrogens is 544 g/mol. The van der Waals surface area contributed by atoms with E-state index in [2.05, 4.69) is 21.3 Å². The Hall–Kier alpha value is -3.95. The second-order valence-corrected chi connectivity index (χ2v) is 12.1. The summed E-state index contributed by atoms with van der Waals surface area (Å²) in [4.78, 5) is 19.5. The molecule has 2 aromatic heterocycles. The average Bonchev–Trinajstić information content (AvgIpc) is 3.21. The van der Waals surface area contributed by atoms with E-state index in [1.54, 1.807) is 49.9 Å². The van der Waals surface area contributed by atoms with E-state index in [9.17, 15) is 23.2 Å². The quantitative estimate of drug-likeness (QED) is 0.391. The smallest absolute Gasteiger partial charge is 0.410 e. The van der Waals surface area contributed by atoms with Crippen molar-refractivity contribution in [3.8, 4) is 6.07 Å². The number of pyridine rings is 1. The first-order chi connectivity index (χ1) is 19.3. The molecule has 1 aliphatic carbocycles. The average molecular weight is 573 g/mol. The molecule has 2 saturated heterocycles. The molecule has 3 aliphatic rings. The first-order valence-electron chi connectivity index (χ1n) is 13.3. The van der Waals surface area contributed by atoms with Crippen molar-refractivity contribution in [1.82, 2.24) is 20.1 Å². The lowest BCUT2D eigenvalue weighted by Gasteiger charge is -2.34. The third-order valence-corrected chi connectivity index (χ3v) is 8.43. The summed E-state index contributed by atoms with van der Waals surface area (Å²) in [5, 5.41) is 18.1. The summed E-state index contributed by atoms with van der Waals surface area (Å²) in [5.74, 6) is -1.08. The van der Waals surface area contributed by atoms with Crippen molar-refractivity contribution in [3.63, 3.8) is 0 Å². The topological polar surface area (TPSA) is 108 Å². The predicted molar refractivity (Wildman–Crippen MR) is 138 cm³/mol. The number of fused-ring (bicyclic) bond motifs is 2. The monoisotopic (exact) mass is 572 g/mol. The highest BCUT2D eigenvalue weighted by Crippen LogP contribution is 2.75. The molecule has 1 aromatic carbocycles. The summed E-state index contributed by atoms with van der Waals surface area (Å²) in [5.41, 5.74) is -3.06. The molecule has 0 N–H and O–H groups in total. The van der Waals surface area contributed by atoms with E-state index in [4.69, 9.17) is 9.15 Å². The summed E-state index contributed by atoms with van der Waals surface area (Å²) in [7, 11) is 0. The molecule has 2 unspecified atom stereocenters. The van der Waals surface area contributed by atoms with Crippen LogP contribution in [0, 0.1) is 16.7 Å². The fraction of sp³-hybridized carbons (Fsp3) is 0.536. The molecule has 1 amide bonds. The number of aromatic nitrogens is 3. The molecular formula is C28H28F4N6O3. The van der Waals surface area contributed by atoms with Gasteiger partial charge in [0.25, 0.3) is 0 Å². The number of likely N-dealkylation sites (tertiary alicyclic amines) is 1. The summed E-state index contributed by atoms with van der Waals surface area (Å²) in [6.45, 7) is 4.71. The fourth-order valence-corrected chi connectivity index (χ4v) is 6.35. The van der Waals surface area contributed by atoms with Gasteiger partial charge in [-0.3, -0.25) is 4.98 Å². The van der Waals surface area contributed by atoms with E-state index in [-0.39, 0.29) is 50.8 Å². The van der Waals surface area contributed by atoms with Gasteiger partial charge in [0.05, 0.1) is 29.0 Å². The number of nitrogens with zero attached hydrogens (tertiary/aromatic N) is 6. The second kappa shape index (κ2) is 9.03. The van der Waals surface area contributed by atoms with E-state index < -0.39 is 40.8 Å². The van der Waals surface area contributed by atoms with Crippen molar-refractivity contribution in [1.29, 1.82) is 5.26 Å². The van der Waals surface area contributed by atoms with Gasteiger partial charge in [-0.25, -0.2) is 9.18 Å². The number of rotatable bonds is 3. The molecule has 1 saturated carbocycles. The molecule has 4 heterocycles. The maximum absolute atomic E-state index is 15.2. The molecule has 41 heavy (non-hydrogen) atoms. The Morgan fingerprint density at radius 3 is 2.66 bits per heavy atom. The van der Waals surface area contributed by atoms with Crippen molar-refractivity contribution >= 4 is 22.7 Å². The van der Waals surface area contributed by atoms with Crippen molar-refractivity contribution in [2.24, 2.45) is 5.41 Å². The molecule has 9 nitrogen and oxygen atoms in total. The normalized spacial score (nSPS) is 28.0. The number of benzene rings is 1. The minimum atomic E-state index is -4.56. The standard InChI is InChI=1S/C28H28F4N6O3/c1-25(2,3)41-24(39)37-10-8-17(19(29)12-37)22-35-36-23(40-22)26-13-27(26,28(30,31)32)15-38(14-26)20-7-6-16(11-33)21-18(20)5-4-9-34-21/h4-7,9,17,19H,8,10,12-15H2,1-3H3/t17?,19?,26-,27-/m0/s1. The molecule has 13 heteroatoms. The predicted octanol–water partition coefficient (Wildman–Crippen LogP) is 5.26. The van der Waals surface area contributed by atoms with Crippen LogP contribution in [0.25, 0.3) is 10.9 Å². The van der Waals surface area contributed by atoms with Crippen molar-refractivity contribution in [2.45, 2.75) is 62.9 Å². The lowest BCUT2D eigenvalue weighted by Crippen LogP contribution is -2.46. The Labute approximate surface area is 233 Å². The molecule has 0 spiro atoms. The Bertz CT molecular complexity index is 1560. The number of piperidine rings is 2. The van der Waals surface area contributed by atoms with Crippen LogP contribution < -0.4 is 4.90 Å². The Kier molecular flexibility index (Phi) is 5.99. The van der Waals surface area contributed by atoms with Gasteiger partial charge in [0.15, 0.2) is 0 Å². The van der Waals surface area contributed by atoms with E-state index in [1.165, 1.54) is 11.1 Å². The molecule has 6 rings (SSSR count). The van der Waals surface area contributed by atoms with Crippen LogP contribution in [0.1, 0.15) is 56.9 Å². The largest absolute Gasteiger partial charge is 0.444 e. The molecule has 4 atom stereocenters. The van der Waals surface area contributed by atoms with Crippen molar-refractivity contribution in [2.75, 3.05) is 31.1 Å².